The molecule has 1 saturated heterocycles. The van der Waals surface area contributed by atoms with Gasteiger partial charge in [0.1, 0.15) is 0 Å². The average Bonchev–Trinajstić information content (AvgIpc) is 2.49. The molecule has 0 atom stereocenters. The second-order valence-electron chi connectivity index (χ2n) is 5.85. The molecule has 4 nitrogen and oxygen atoms in total. The summed E-state index contributed by atoms with van der Waals surface area (Å²) in [6.07, 6.45) is 5.03. The molecule has 0 radical (unpaired) electrons. The van der Waals surface area contributed by atoms with Crippen LogP contribution in [0.4, 0.5) is 11.4 Å². The first-order valence-electron chi connectivity index (χ1n) is 8.08. The molecule has 4 heteroatoms. The van der Waals surface area contributed by atoms with Gasteiger partial charge in [-0.1, -0.05) is 19.8 Å². The van der Waals surface area contributed by atoms with Gasteiger partial charge in [-0.2, -0.15) is 0 Å². The number of hydrogen-bond donors (Lipinski definition) is 2. The highest BCUT2D eigenvalue weighted by Gasteiger charge is 2.20. The molecule has 21 heavy (non-hydrogen) atoms. The van der Waals surface area contributed by atoms with E-state index in [9.17, 15) is 4.79 Å². The van der Waals surface area contributed by atoms with Crippen LogP contribution in [0.25, 0.3) is 0 Å². The highest BCUT2D eigenvalue weighted by molar-refractivity contribution is 5.96. The standard InChI is InChI=1S/C17H27N3O/c1-3-5-13-8-10-20(11-9-13)16-12-14(6-7-15(16)18)17(21)19-4-2/h6-7,12-13H,3-5,8-11,18H2,1-2H3,(H,19,21). The normalized spacial score (nSPS) is 16.0. The molecule has 2 rings (SSSR count). The van der Waals surface area contributed by atoms with E-state index < -0.39 is 0 Å². The Labute approximate surface area is 127 Å². The fourth-order valence-electron chi connectivity index (χ4n) is 3.09. The van der Waals surface area contributed by atoms with Gasteiger partial charge in [0.05, 0.1) is 11.4 Å². The molecule has 0 aliphatic carbocycles. The summed E-state index contributed by atoms with van der Waals surface area (Å²) in [5.74, 6) is 0.818. The quantitative estimate of drug-likeness (QED) is 0.819. The molecule has 0 spiro atoms. The van der Waals surface area contributed by atoms with Crippen LogP contribution in [-0.4, -0.2) is 25.5 Å². The number of amides is 1. The Morgan fingerprint density at radius 1 is 1.33 bits per heavy atom. The van der Waals surface area contributed by atoms with Crippen LogP contribution in [0.5, 0.6) is 0 Å². The van der Waals surface area contributed by atoms with Crippen molar-refractivity contribution in [3.05, 3.63) is 23.8 Å². The van der Waals surface area contributed by atoms with E-state index >= 15 is 0 Å². The van der Waals surface area contributed by atoms with Crippen LogP contribution < -0.4 is 16.0 Å². The maximum absolute atomic E-state index is 12.0. The zero-order valence-corrected chi connectivity index (χ0v) is 13.2. The second-order valence-corrected chi connectivity index (χ2v) is 5.85. The third kappa shape index (κ3) is 3.90. The molecule has 1 aromatic rings. The van der Waals surface area contributed by atoms with Crippen molar-refractivity contribution in [3.63, 3.8) is 0 Å². The largest absolute Gasteiger partial charge is 0.397 e. The molecular formula is C17H27N3O. The van der Waals surface area contributed by atoms with Crippen molar-refractivity contribution in [1.82, 2.24) is 5.32 Å². The highest BCUT2D eigenvalue weighted by atomic mass is 16.1. The van der Waals surface area contributed by atoms with Crippen LogP contribution in [0.3, 0.4) is 0 Å². The van der Waals surface area contributed by atoms with Gasteiger partial charge in [-0.05, 0) is 43.9 Å². The SMILES string of the molecule is CCCC1CCN(c2cc(C(=O)NCC)ccc2N)CC1. The number of nitrogens with two attached hydrogens (primary N) is 1. The third-order valence-corrected chi connectivity index (χ3v) is 4.28. The van der Waals surface area contributed by atoms with Crippen LogP contribution in [0.2, 0.25) is 0 Å². The Kier molecular flexibility index (Phi) is 5.48. The number of rotatable bonds is 5. The van der Waals surface area contributed by atoms with E-state index in [0.29, 0.717) is 12.1 Å². The maximum Gasteiger partial charge on any atom is 0.251 e. The van der Waals surface area contributed by atoms with Gasteiger partial charge in [-0.15, -0.1) is 0 Å². The number of carbonyl (C=O) groups is 1. The van der Waals surface area contributed by atoms with Crippen LogP contribution >= 0.6 is 0 Å². The molecule has 3 N–H and O–H groups in total. The number of anilines is 2. The van der Waals surface area contributed by atoms with Gasteiger partial charge < -0.3 is 16.0 Å². The fourth-order valence-corrected chi connectivity index (χ4v) is 3.09. The summed E-state index contributed by atoms with van der Waals surface area (Å²) < 4.78 is 0. The Morgan fingerprint density at radius 2 is 2.05 bits per heavy atom. The van der Waals surface area contributed by atoms with Crippen LogP contribution in [0.1, 0.15) is 49.9 Å². The lowest BCUT2D eigenvalue weighted by molar-refractivity contribution is 0.0956. The number of nitrogens with one attached hydrogen (secondary N) is 1. The van der Waals surface area contributed by atoms with E-state index in [2.05, 4.69) is 17.1 Å². The van der Waals surface area contributed by atoms with Gasteiger partial charge in [-0.3, -0.25) is 4.79 Å². The minimum absolute atomic E-state index is 0.0281. The molecular weight excluding hydrogens is 262 g/mol. The Bertz CT molecular complexity index is 479. The van der Waals surface area contributed by atoms with E-state index in [1.54, 1.807) is 6.07 Å². The molecule has 1 aliphatic heterocycles. The lowest BCUT2D eigenvalue weighted by atomic mass is 9.92. The minimum atomic E-state index is -0.0281. The number of piperidine rings is 1. The van der Waals surface area contributed by atoms with Crippen LogP contribution in [-0.2, 0) is 0 Å². The van der Waals surface area contributed by atoms with Gasteiger partial charge in [0, 0.05) is 25.2 Å². The van der Waals surface area contributed by atoms with Crippen molar-refractivity contribution < 1.29 is 4.79 Å². The van der Waals surface area contributed by atoms with Crippen molar-refractivity contribution in [2.45, 2.75) is 39.5 Å². The summed E-state index contributed by atoms with van der Waals surface area (Å²) in [5, 5.41) is 2.84. The predicted octanol–water partition coefficient (Wildman–Crippen LogP) is 3.04. The first-order valence-corrected chi connectivity index (χ1v) is 8.08. The molecule has 1 aromatic carbocycles. The smallest absolute Gasteiger partial charge is 0.251 e. The third-order valence-electron chi connectivity index (χ3n) is 4.28. The zero-order chi connectivity index (χ0) is 15.2. The highest BCUT2D eigenvalue weighted by Crippen LogP contribution is 2.30. The molecule has 1 fully saturated rings. The van der Waals surface area contributed by atoms with Gasteiger partial charge in [0.25, 0.3) is 5.91 Å². The summed E-state index contributed by atoms with van der Waals surface area (Å²) in [6.45, 7) is 6.89. The van der Waals surface area contributed by atoms with Gasteiger partial charge in [-0.25, -0.2) is 0 Å². The lowest BCUT2D eigenvalue weighted by Crippen LogP contribution is -2.34. The maximum atomic E-state index is 12.0. The fraction of sp³-hybridized carbons (Fsp3) is 0.588. The molecule has 1 aliphatic rings. The van der Waals surface area contributed by atoms with Crippen molar-refractivity contribution in [3.8, 4) is 0 Å². The average molecular weight is 289 g/mol. The Morgan fingerprint density at radius 3 is 2.67 bits per heavy atom. The molecule has 0 unspecified atom stereocenters. The molecule has 116 valence electrons. The summed E-state index contributed by atoms with van der Waals surface area (Å²) in [7, 11) is 0. The number of hydrogen-bond acceptors (Lipinski definition) is 3. The summed E-state index contributed by atoms with van der Waals surface area (Å²) in [5.41, 5.74) is 8.57. The van der Waals surface area contributed by atoms with E-state index in [0.717, 1.165) is 30.4 Å². The molecule has 0 bridgehead atoms. The number of nitrogens with zero attached hydrogens (tertiary/aromatic N) is 1. The number of benzene rings is 1. The van der Waals surface area contributed by atoms with Crippen molar-refractivity contribution >= 4 is 17.3 Å². The monoisotopic (exact) mass is 289 g/mol. The first kappa shape index (κ1) is 15.7. The molecule has 0 saturated carbocycles. The van der Waals surface area contributed by atoms with E-state index in [1.807, 2.05) is 19.1 Å². The Balaban J connectivity index is 2.09. The number of carbonyl (C=O) groups excluding carboxylic acids is 1. The minimum Gasteiger partial charge on any atom is -0.397 e. The second kappa shape index (κ2) is 7.34. The van der Waals surface area contributed by atoms with Gasteiger partial charge in [0.2, 0.25) is 0 Å². The van der Waals surface area contributed by atoms with Crippen molar-refractivity contribution in [2.24, 2.45) is 5.92 Å². The van der Waals surface area contributed by atoms with Crippen LogP contribution in [0, 0.1) is 5.92 Å². The summed E-state index contributed by atoms with van der Waals surface area (Å²) >= 11 is 0. The van der Waals surface area contributed by atoms with E-state index in [1.165, 1.54) is 25.7 Å². The lowest BCUT2D eigenvalue weighted by Gasteiger charge is -2.34. The van der Waals surface area contributed by atoms with Crippen LogP contribution in [0.15, 0.2) is 18.2 Å². The molecule has 1 heterocycles. The topological polar surface area (TPSA) is 58.4 Å². The molecule has 1 amide bonds. The Hall–Kier alpha value is -1.71. The van der Waals surface area contributed by atoms with Gasteiger partial charge >= 0.3 is 0 Å². The predicted molar refractivity (Wildman–Crippen MR) is 88.7 cm³/mol. The van der Waals surface area contributed by atoms with E-state index in [-0.39, 0.29) is 5.91 Å². The first-order chi connectivity index (χ1) is 10.2. The summed E-state index contributed by atoms with van der Waals surface area (Å²) in [4.78, 5) is 14.3. The van der Waals surface area contributed by atoms with Crippen molar-refractivity contribution in [2.75, 3.05) is 30.3 Å². The van der Waals surface area contributed by atoms with E-state index in [4.69, 9.17) is 5.73 Å². The number of nitrogen functional groups attached to an aromatic ring is 1. The zero-order valence-electron chi connectivity index (χ0n) is 13.2. The van der Waals surface area contributed by atoms with Crippen molar-refractivity contribution in [1.29, 1.82) is 0 Å². The summed E-state index contributed by atoms with van der Waals surface area (Å²) in [6, 6.07) is 5.58. The van der Waals surface area contributed by atoms with Gasteiger partial charge in [0.15, 0.2) is 0 Å². The molecule has 0 aromatic heterocycles.